The molecule has 4 heterocycles. The summed E-state index contributed by atoms with van der Waals surface area (Å²) in [5.41, 5.74) is 2.23. The number of carbonyl (C=O) groups excluding carboxylic acids is 1. The Hall–Kier alpha value is -2.70. The molecule has 2 fully saturated rings. The van der Waals surface area contributed by atoms with E-state index in [1.165, 1.54) is 0 Å². The standard InChI is InChI=1S/C22H28N4O3/c1-15-4-5-18-19(8-15)29-10-16(2)26(18)21(27)25-13-22(14-25)11-24(12-22)20-9-17(28-3)6-7-23-20/h4-5,8-9,16H,6-7,10-14H2,1-3H3. The van der Waals surface area contributed by atoms with Gasteiger partial charge >= 0.3 is 6.03 Å². The Kier molecular flexibility index (Phi) is 4.22. The number of urea groups is 1. The molecule has 1 unspecified atom stereocenters. The van der Waals surface area contributed by atoms with E-state index in [4.69, 9.17) is 9.47 Å². The first kappa shape index (κ1) is 18.3. The van der Waals surface area contributed by atoms with Crippen molar-refractivity contribution in [3.05, 3.63) is 35.6 Å². The van der Waals surface area contributed by atoms with Crippen LogP contribution in [0.25, 0.3) is 0 Å². The SMILES string of the molecule is COC1=CC(N2CC3(CN(C(=O)N4c5ccc(C)cc5OCC4C)C3)C2)=NCC1. The Morgan fingerprint density at radius 2 is 2.07 bits per heavy atom. The molecule has 0 aromatic heterocycles. The summed E-state index contributed by atoms with van der Waals surface area (Å²) in [5, 5.41) is 0. The zero-order valence-corrected chi connectivity index (χ0v) is 17.4. The van der Waals surface area contributed by atoms with Crippen molar-refractivity contribution in [3.8, 4) is 5.75 Å². The largest absolute Gasteiger partial charge is 0.501 e. The van der Waals surface area contributed by atoms with Crippen molar-refractivity contribution in [2.24, 2.45) is 10.4 Å². The van der Waals surface area contributed by atoms with E-state index in [0.29, 0.717) is 6.61 Å². The van der Waals surface area contributed by atoms with E-state index >= 15 is 0 Å². The molecule has 5 rings (SSSR count). The van der Waals surface area contributed by atoms with E-state index in [1.807, 2.05) is 47.9 Å². The number of rotatable bonds is 1. The molecule has 0 N–H and O–H groups in total. The number of amides is 2. The normalized spacial score (nSPS) is 24.7. The highest BCUT2D eigenvalue weighted by molar-refractivity contribution is 5.96. The number of nitrogens with zero attached hydrogens (tertiary/aromatic N) is 4. The summed E-state index contributed by atoms with van der Waals surface area (Å²) < 4.78 is 11.2. The number of hydrogen-bond acceptors (Lipinski definition) is 5. The highest BCUT2D eigenvalue weighted by Crippen LogP contribution is 2.42. The number of fused-ring (bicyclic) bond motifs is 1. The van der Waals surface area contributed by atoms with Crippen LogP contribution in [0.5, 0.6) is 5.75 Å². The number of methoxy groups -OCH3 is 1. The Morgan fingerprint density at radius 1 is 1.28 bits per heavy atom. The van der Waals surface area contributed by atoms with Crippen LogP contribution in [0.2, 0.25) is 0 Å². The first-order chi connectivity index (χ1) is 14.0. The molecule has 1 aromatic rings. The maximum Gasteiger partial charge on any atom is 0.325 e. The average Bonchev–Trinajstić information content (AvgIpc) is 2.66. The molecular formula is C22H28N4O3. The van der Waals surface area contributed by atoms with Crippen LogP contribution in [0.15, 0.2) is 35.0 Å². The van der Waals surface area contributed by atoms with Gasteiger partial charge in [-0.1, -0.05) is 6.07 Å². The molecule has 29 heavy (non-hydrogen) atoms. The molecule has 4 aliphatic heterocycles. The van der Waals surface area contributed by atoms with Crippen molar-refractivity contribution < 1.29 is 14.3 Å². The number of carbonyl (C=O) groups is 1. The number of anilines is 1. The van der Waals surface area contributed by atoms with Gasteiger partial charge in [0.05, 0.1) is 18.8 Å². The van der Waals surface area contributed by atoms with Crippen LogP contribution in [0.1, 0.15) is 18.9 Å². The second kappa shape index (κ2) is 6.68. The van der Waals surface area contributed by atoms with Crippen molar-refractivity contribution in [3.63, 3.8) is 0 Å². The maximum absolute atomic E-state index is 13.3. The third-order valence-electron chi connectivity index (χ3n) is 6.39. The van der Waals surface area contributed by atoms with Crippen molar-refractivity contribution in [2.75, 3.05) is 51.3 Å². The molecule has 7 nitrogen and oxygen atoms in total. The van der Waals surface area contributed by atoms with Crippen molar-refractivity contribution >= 4 is 17.6 Å². The summed E-state index contributed by atoms with van der Waals surface area (Å²) in [6, 6.07) is 6.16. The van der Waals surface area contributed by atoms with Crippen LogP contribution < -0.4 is 9.64 Å². The molecule has 0 radical (unpaired) electrons. The summed E-state index contributed by atoms with van der Waals surface area (Å²) in [6.45, 7) is 8.93. The minimum atomic E-state index is 0.0290. The molecule has 2 amide bonds. The zero-order valence-electron chi connectivity index (χ0n) is 17.4. The fraction of sp³-hybridized carbons (Fsp3) is 0.545. The van der Waals surface area contributed by atoms with Gasteiger partial charge in [0.2, 0.25) is 0 Å². The molecule has 2 saturated heterocycles. The van der Waals surface area contributed by atoms with Crippen molar-refractivity contribution in [1.29, 1.82) is 0 Å². The topological polar surface area (TPSA) is 57.6 Å². The Labute approximate surface area is 171 Å². The second-order valence-electron chi connectivity index (χ2n) is 8.80. The minimum Gasteiger partial charge on any atom is -0.501 e. The number of ether oxygens (including phenoxy) is 2. The van der Waals surface area contributed by atoms with Crippen LogP contribution in [-0.2, 0) is 4.74 Å². The number of likely N-dealkylation sites (tertiary alicyclic amines) is 2. The van der Waals surface area contributed by atoms with Gasteiger partial charge < -0.3 is 19.3 Å². The Balaban J connectivity index is 1.23. The van der Waals surface area contributed by atoms with Crippen LogP contribution >= 0.6 is 0 Å². The summed E-state index contributed by atoms with van der Waals surface area (Å²) in [4.78, 5) is 24.1. The molecule has 154 valence electrons. The number of aryl methyl sites for hydroxylation is 1. The molecule has 1 atom stereocenters. The number of hydrogen-bond donors (Lipinski definition) is 0. The van der Waals surface area contributed by atoms with Gasteiger partial charge in [-0.3, -0.25) is 9.89 Å². The molecule has 0 aliphatic carbocycles. The van der Waals surface area contributed by atoms with E-state index in [9.17, 15) is 4.79 Å². The van der Waals surface area contributed by atoms with E-state index in [2.05, 4.69) is 9.89 Å². The Morgan fingerprint density at radius 3 is 2.83 bits per heavy atom. The summed E-state index contributed by atoms with van der Waals surface area (Å²) in [7, 11) is 1.72. The van der Waals surface area contributed by atoms with Crippen LogP contribution in [0.3, 0.4) is 0 Å². The lowest BCUT2D eigenvalue weighted by molar-refractivity contribution is -0.0622. The molecule has 7 heteroatoms. The lowest BCUT2D eigenvalue weighted by Gasteiger charge is -2.61. The highest BCUT2D eigenvalue weighted by atomic mass is 16.5. The minimum absolute atomic E-state index is 0.0290. The predicted molar refractivity (Wildman–Crippen MR) is 112 cm³/mol. The summed E-state index contributed by atoms with van der Waals surface area (Å²) in [6.07, 6.45) is 2.92. The highest BCUT2D eigenvalue weighted by Gasteiger charge is 2.55. The molecule has 1 spiro atoms. The van der Waals surface area contributed by atoms with Gasteiger partial charge in [0.1, 0.15) is 24.0 Å². The summed E-state index contributed by atoms with van der Waals surface area (Å²) in [5.74, 6) is 2.82. The van der Waals surface area contributed by atoms with Gasteiger partial charge in [0.15, 0.2) is 0 Å². The van der Waals surface area contributed by atoms with Crippen LogP contribution in [0.4, 0.5) is 10.5 Å². The second-order valence-corrected chi connectivity index (χ2v) is 8.80. The fourth-order valence-corrected chi connectivity index (χ4v) is 4.82. The summed E-state index contributed by atoms with van der Waals surface area (Å²) >= 11 is 0. The first-order valence-electron chi connectivity index (χ1n) is 10.3. The quantitative estimate of drug-likeness (QED) is 0.732. The van der Waals surface area contributed by atoms with Gasteiger partial charge in [-0.25, -0.2) is 4.79 Å². The third-order valence-corrected chi connectivity index (χ3v) is 6.39. The van der Waals surface area contributed by atoms with Crippen molar-refractivity contribution in [2.45, 2.75) is 26.3 Å². The number of amidine groups is 1. The average molecular weight is 396 g/mol. The van der Waals surface area contributed by atoms with Crippen LogP contribution in [-0.4, -0.2) is 74.1 Å². The lowest BCUT2D eigenvalue weighted by atomic mass is 9.72. The molecule has 0 bridgehead atoms. The van der Waals surface area contributed by atoms with E-state index < -0.39 is 0 Å². The third kappa shape index (κ3) is 3.03. The monoisotopic (exact) mass is 396 g/mol. The predicted octanol–water partition coefficient (Wildman–Crippen LogP) is 2.65. The van der Waals surface area contributed by atoms with E-state index in [0.717, 1.165) is 67.7 Å². The van der Waals surface area contributed by atoms with Crippen molar-refractivity contribution in [1.82, 2.24) is 9.80 Å². The first-order valence-corrected chi connectivity index (χ1v) is 10.3. The number of dihydropyridines is 1. The van der Waals surface area contributed by atoms with Gasteiger partial charge in [-0.15, -0.1) is 0 Å². The van der Waals surface area contributed by atoms with Gasteiger partial charge in [-0.05, 0) is 31.5 Å². The molecule has 0 saturated carbocycles. The Bertz CT molecular complexity index is 895. The molecule has 1 aromatic carbocycles. The number of aliphatic imine (C=N–C) groups is 1. The smallest absolute Gasteiger partial charge is 0.325 e. The van der Waals surface area contributed by atoms with Gasteiger partial charge in [-0.2, -0.15) is 0 Å². The molecular weight excluding hydrogens is 368 g/mol. The van der Waals surface area contributed by atoms with Gasteiger partial charge in [0, 0.05) is 50.6 Å². The number of benzene rings is 1. The zero-order chi connectivity index (χ0) is 20.2. The lowest BCUT2D eigenvalue weighted by Crippen LogP contribution is -2.75. The molecule has 4 aliphatic rings. The fourth-order valence-electron chi connectivity index (χ4n) is 4.82. The van der Waals surface area contributed by atoms with E-state index in [-0.39, 0.29) is 17.5 Å². The van der Waals surface area contributed by atoms with Gasteiger partial charge in [0.25, 0.3) is 0 Å². The van der Waals surface area contributed by atoms with E-state index in [1.54, 1.807) is 7.11 Å². The van der Waals surface area contributed by atoms with Crippen LogP contribution in [0, 0.1) is 12.3 Å². The maximum atomic E-state index is 13.3.